The molecular weight excluding hydrogens is 394 g/mol. The van der Waals surface area contributed by atoms with Crippen LogP contribution in [0.2, 0.25) is 0 Å². The van der Waals surface area contributed by atoms with Crippen LogP contribution in [0.15, 0.2) is 12.2 Å². The molecule has 6 heteroatoms. The van der Waals surface area contributed by atoms with Crippen molar-refractivity contribution in [1.29, 1.82) is 0 Å². The first-order chi connectivity index (χ1) is 15.0. The van der Waals surface area contributed by atoms with E-state index in [1.165, 1.54) is 45.6 Å². The summed E-state index contributed by atoms with van der Waals surface area (Å²) in [6.07, 6.45) is 17.7. The Morgan fingerprint density at radius 3 is 2.06 bits per heavy atom. The predicted molar refractivity (Wildman–Crippen MR) is 124 cm³/mol. The number of carbonyl (C=O) groups excluding carboxylic acids is 3. The number of nitrogens with one attached hydrogen (secondary N) is 1. The molecule has 0 fully saturated rings. The average Bonchev–Trinajstić information content (AvgIpc) is 2.78. The Morgan fingerprint density at radius 1 is 0.871 bits per heavy atom. The summed E-state index contributed by atoms with van der Waals surface area (Å²) in [5.74, 6) is -2.36. The molecule has 0 bridgehead atoms. The number of rotatable bonds is 18. The van der Waals surface area contributed by atoms with Crippen molar-refractivity contribution in [3.63, 3.8) is 0 Å². The van der Waals surface area contributed by atoms with E-state index in [9.17, 15) is 14.4 Å². The van der Waals surface area contributed by atoms with Crippen molar-refractivity contribution in [3.05, 3.63) is 12.2 Å². The third kappa shape index (κ3) is 15.6. The van der Waals surface area contributed by atoms with E-state index in [2.05, 4.69) is 24.1 Å². The monoisotopic (exact) mass is 439 g/mol. The molecule has 0 spiro atoms. The zero-order valence-corrected chi connectivity index (χ0v) is 20.3. The van der Waals surface area contributed by atoms with Crippen LogP contribution in [0.5, 0.6) is 0 Å². The third-order valence-corrected chi connectivity index (χ3v) is 5.53. The van der Waals surface area contributed by atoms with E-state index >= 15 is 0 Å². The number of hydrogen-bond acceptors (Lipinski definition) is 5. The van der Waals surface area contributed by atoms with Crippen LogP contribution in [0.1, 0.15) is 111 Å². The highest BCUT2D eigenvalue weighted by Crippen LogP contribution is 2.15. The highest BCUT2D eigenvalue weighted by Gasteiger charge is 2.24. The van der Waals surface area contributed by atoms with Crippen molar-refractivity contribution in [2.45, 2.75) is 111 Å². The number of hydroxylamine groups is 1. The first-order valence-electron chi connectivity index (χ1n) is 12.2. The first-order valence-corrected chi connectivity index (χ1v) is 12.2. The van der Waals surface area contributed by atoms with Gasteiger partial charge in [-0.2, -0.15) is 5.48 Å². The lowest BCUT2D eigenvalue weighted by molar-refractivity contribution is -0.164. The number of esters is 1. The van der Waals surface area contributed by atoms with Crippen LogP contribution in [-0.2, 0) is 24.0 Å². The molecule has 6 nitrogen and oxygen atoms in total. The molecule has 0 saturated carbocycles. The highest BCUT2D eigenvalue weighted by atomic mass is 16.7. The van der Waals surface area contributed by atoms with Gasteiger partial charge in [0.2, 0.25) is 0 Å². The van der Waals surface area contributed by atoms with E-state index in [0.29, 0.717) is 6.42 Å². The van der Waals surface area contributed by atoms with Crippen LogP contribution in [0.25, 0.3) is 0 Å². The summed E-state index contributed by atoms with van der Waals surface area (Å²) in [7, 11) is 1.29. The van der Waals surface area contributed by atoms with Crippen molar-refractivity contribution in [2.24, 2.45) is 11.8 Å². The molecule has 0 heterocycles. The molecule has 2 unspecified atom stereocenters. The van der Waals surface area contributed by atoms with Gasteiger partial charge in [-0.25, -0.2) is 4.79 Å². The second kappa shape index (κ2) is 20.1. The van der Waals surface area contributed by atoms with Crippen molar-refractivity contribution in [2.75, 3.05) is 7.11 Å². The number of amides is 1. The Bertz CT molecular complexity index is 518. The molecule has 0 saturated heterocycles. The maximum Gasteiger partial charge on any atom is 0.339 e. The Hall–Kier alpha value is -1.85. The van der Waals surface area contributed by atoms with Crippen LogP contribution in [0, 0.1) is 11.8 Å². The van der Waals surface area contributed by atoms with E-state index in [0.717, 1.165) is 38.5 Å². The van der Waals surface area contributed by atoms with Gasteiger partial charge in [0.25, 0.3) is 5.91 Å². The van der Waals surface area contributed by atoms with E-state index < -0.39 is 17.9 Å². The molecule has 1 N–H and O–H groups in total. The van der Waals surface area contributed by atoms with E-state index in [4.69, 9.17) is 4.84 Å². The zero-order valence-electron chi connectivity index (χ0n) is 20.3. The fourth-order valence-electron chi connectivity index (χ4n) is 3.38. The molecule has 1 amide bonds. The van der Waals surface area contributed by atoms with Crippen molar-refractivity contribution in [1.82, 2.24) is 5.48 Å². The molecule has 0 rings (SSSR count). The highest BCUT2D eigenvalue weighted by molar-refractivity contribution is 5.83. The summed E-state index contributed by atoms with van der Waals surface area (Å²) in [5.41, 5.74) is 2.28. The lowest BCUT2D eigenvalue weighted by Crippen LogP contribution is -2.35. The van der Waals surface area contributed by atoms with Gasteiger partial charge in [0.15, 0.2) is 0 Å². The molecule has 0 aliphatic heterocycles. The Balaban J connectivity index is 4.43. The lowest BCUT2D eigenvalue weighted by Gasteiger charge is -2.16. The summed E-state index contributed by atoms with van der Waals surface area (Å²) in [4.78, 5) is 41.3. The Labute approximate surface area is 189 Å². The minimum absolute atomic E-state index is 0.105. The fourth-order valence-corrected chi connectivity index (χ4v) is 3.38. The van der Waals surface area contributed by atoms with Gasteiger partial charge in [-0.3, -0.25) is 9.59 Å². The van der Waals surface area contributed by atoms with Gasteiger partial charge in [-0.05, 0) is 25.7 Å². The molecule has 0 aliphatic carbocycles. The molecule has 0 aromatic carbocycles. The number of allylic oxidation sites excluding steroid dienone is 1. The van der Waals surface area contributed by atoms with Gasteiger partial charge < -0.3 is 9.57 Å². The second-order valence-corrected chi connectivity index (χ2v) is 8.21. The second-order valence-electron chi connectivity index (χ2n) is 8.21. The minimum Gasteiger partial charge on any atom is -0.469 e. The van der Waals surface area contributed by atoms with E-state index in [1.54, 1.807) is 6.08 Å². The zero-order chi connectivity index (χ0) is 23.3. The summed E-state index contributed by atoms with van der Waals surface area (Å²) in [6.45, 7) is 6.23. The van der Waals surface area contributed by atoms with Crippen molar-refractivity contribution < 1.29 is 24.0 Å². The smallest absolute Gasteiger partial charge is 0.339 e. The molecule has 180 valence electrons. The molecular formula is C25H45NO5. The summed E-state index contributed by atoms with van der Waals surface area (Å²) in [5, 5.41) is 0. The van der Waals surface area contributed by atoms with Crippen molar-refractivity contribution >= 4 is 17.8 Å². The Kier molecular flexibility index (Phi) is 18.9. The van der Waals surface area contributed by atoms with Crippen LogP contribution in [0.4, 0.5) is 0 Å². The SMILES string of the molecule is CCCCCCCCCCC=CC(CC(=O)OC)C(=O)ONC(=O)C(CC)CCCC. The molecule has 0 aromatic rings. The maximum atomic E-state index is 12.4. The molecule has 0 radical (unpaired) electrons. The number of carbonyl (C=O) groups is 3. The maximum absolute atomic E-state index is 12.4. The standard InChI is InChI=1S/C25H45NO5/c1-5-8-10-11-12-13-14-15-16-17-19-22(20-23(27)30-4)25(29)31-26-24(28)21(7-3)18-9-6-2/h17,19,21-22H,5-16,18,20H2,1-4H3,(H,26,28). The fraction of sp³-hybridized carbons (Fsp3) is 0.800. The largest absolute Gasteiger partial charge is 0.469 e. The third-order valence-electron chi connectivity index (χ3n) is 5.53. The van der Waals surface area contributed by atoms with Gasteiger partial charge in [-0.15, -0.1) is 0 Å². The van der Waals surface area contributed by atoms with Gasteiger partial charge in [-0.1, -0.05) is 90.7 Å². The van der Waals surface area contributed by atoms with Gasteiger partial charge in [0, 0.05) is 5.92 Å². The number of ether oxygens (including phenoxy) is 1. The van der Waals surface area contributed by atoms with Crippen LogP contribution in [0.3, 0.4) is 0 Å². The van der Waals surface area contributed by atoms with Gasteiger partial charge >= 0.3 is 11.9 Å². The predicted octanol–water partition coefficient (Wildman–Crippen LogP) is 6.04. The van der Waals surface area contributed by atoms with Gasteiger partial charge in [0.05, 0.1) is 19.4 Å². The normalized spacial score (nSPS) is 13.0. The van der Waals surface area contributed by atoms with Crippen LogP contribution >= 0.6 is 0 Å². The lowest BCUT2D eigenvalue weighted by atomic mass is 9.99. The summed E-state index contributed by atoms with van der Waals surface area (Å²) in [6, 6.07) is 0. The number of methoxy groups -OCH3 is 1. The quantitative estimate of drug-likeness (QED) is 0.122. The summed E-state index contributed by atoms with van der Waals surface area (Å²) < 4.78 is 4.69. The topological polar surface area (TPSA) is 81.7 Å². The minimum atomic E-state index is -0.766. The Morgan fingerprint density at radius 2 is 1.48 bits per heavy atom. The van der Waals surface area contributed by atoms with E-state index in [1.807, 2.05) is 13.0 Å². The van der Waals surface area contributed by atoms with Crippen LogP contribution < -0.4 is 5.48 Å². The molecule has 2 atom stereocenters. The molecule has 0 aliphatic rings. The average molecular weight is 440 g/mol. The van der Waals surface area contributed by atoms with E-state index in [-0.39, 0.29) is 18.2 Å². The van der Waals surface area contributed by atoms with Crippen molar-refractivity contribution in [3.8, 4) is 0 Å². The molecule has 31 heavy (non-hydrogen) atoms. The van der Waals surface area contributed by atoms with Crippen LogP contribution in [-0.4, -0.2) is 25.0 Å². The number of unbranched alkanes of at least 4 members (excludes halogenated alkanes) is 9. The van der Waals surface area contributed by atoms with Gasteiger partial charge in [0.1, 0.15) is 0 Å². The molecule has 0 aromatic heterocycles. The number of hydrogen-bond donors (Lipinski definition) is 1. The summed E-state index contributed by atoms with van der Waals surface area (Å²) >= 11 is 0. The first kappa shape index (κ1) is 29.1.